The molecule has 3 fully saturated rings. The molecule has 1 N–H and O–H groups in total. The van der Waals surface area contributed by atoms with Crippen LogP contribution in [0.4, 0.5) is 5.69 Å². The number of likely N-dealkylation sites (tertiary alicyclic amines) is 1. The Morgan fingerprint density at radius 1 is 1.24 bits per heavy atom. The fraction of sp³-hybridized carbons (Fsp3) is 0.552. The summed E-state index contributed by atoms with van der Waals surface area (Å²) >= 11 is 6.49. The van der Waals surface area contributed by atoms with Crippen LogP contribution in [0, 0.1) is 17.8 Å². The van der Waals surface area contributed by atoms with Crippen molar-refractivity contribution in [1.82, 2.24) is 9.80 Å². The highest BCUT2D eigenvalue weighted by atomic mass is 35.5. The van der Waals surface area contributed by atoms with Crippen LogP contribution in [0.25, 0.3) is 0 Å². The van der Waals surface area contributed by atoms with Crippen molar-refractivity contribution in [1.29, 1.82) is 0 Å². The SMILES string of the molecule is C=CCN(CCC)C(=O)[C@@H]1[C@H]2C(=O)N(CCO)C(C(=O)N(CC=C)c3ccccc3Cl)C23CC(C)[C@@]1(C)O3. The van der Waals surface area contributed by atoms with Gasteiger partial charge in [-0.15, -0.1) is 13.2 Å². The molecule has 1 aromatic rings. The van der Waals surface area contributed by atoms with E-state index in [-0.39, 0.29) is 43.3 Å². The molecule has 0 aromatic heterocycles. The van der Waals surface area contributed by atoms with Crippen molar-refractivity contribution in [3.05, 3.63) is 54.6 Å². The molecule has 2 bridgehead atoms. The summed E-state index contributed by atoms with van der Waals surface area (Å²) in [6, 6.07) is 5.98. The molecule has 0 saturated carbocycles. The molecule has 9 heteroatoms. The maximum Gasteiger partial charge on any atom is 0.253 e. The average Bonchev–Trinajstić information content (AvgIpc) is 3.39. The van der Waals surface area contributed by atoms with Gasteiger partial charge in [-0.2, -0.15) is 0 Å². The predicted molar refractivity (Wildman–Crippen MR) is 147 cm³/mol. The molecule has 4 rings (SSSR count). The highest BCUT2D eigenvalue weighted by Gasteiger charge is 2.80. The average molecular weight is 544 g/mol. The number of para-hydroxylation sites is 1. The number of hydrogen-bond donors (Lipinski definition) is 1. The van der Waals surface area contributed by atoms with Crippen LogP contribution in [0.1, 0.15) is 33.6 Å². The van der Waals surface area contributed by atoms with Crippen LogP contribution in [-0.2, 0) is 19.1 Å². The fourth-order valence-corrected chi connectivity index (χ4v) is 7.15. The largest absolute Gasteiger partial charge is 0.395 e. The van der Waals surface area contributed by atoms with Crippen molar-refractivity contribution in [2.24, 2.45) is 17.8 Å². The molecule has 3 saturated heterocycles. The summed E-state index contributed by atoms with van der Waals surface area (Å²) in [6.07, 6.45) is 4.49. The van der Waals surface area contributed by atoms with Crippen LogP contribution >= 0.6 is 11.6 Å². The molecule has 3 heterocycles. The Balaban J connectivity index is 1.83. The van der Waals surface area contributed by atoms with Gasteiger partial charge in [-0.25, -0.2) is 0 Å². The first kappa shape index (κ1) is 28.3. The van der Waals surface area contributed by atoms with E-state index < -0.39 is 29.1 Å². The molecule has 6 atom stereocenters. The fourth-order valence-electron chi connectivity index (χ4n) is 6.91. The Morgan fingerprint density at radius 3 is 2.53 bits per heavy atom. The molecule has 3 amide bonds. The number of rotatable bonds is 11. The normalized spacial score (nSPS) is 31.3. The van der Waals surface area contributed by atoms with Gasteiger partial charge >= 0.3 is 0 Å². The first-order valence-electron chi connectivity index (χ1n) is 13.3. The molecule has 3 aliphatic heterocycles. The Labute approximate surface area is 229 Å². The lowest BCUT2D eigenvalue weighted by Gasteiger charge is -2.39. The third-order valence-corrected chi connectivity index (χ3v) is 8.85. The van der Waals surface area contributed by atoms with Gasteiger partial charge < -0.3 is 24.5 Å². The second-order valence-electron chi connectivity index (χ2n) is 10.7. The van der Waals surface area contributed by atoms with E-state index in [4.69, 9.17) is 16.3 Å². The summed E-state index contributed by atoms with van der Waals surface area (Å²) < 4.78 is 6.78. The van der Waals surface area contributed by atoms with Crippen molar-refractivity contribution in [3.63, 3.8) is 0 Å². The zero-order chi connectivity index (χ0) is 27.8. The minimum absolute atomic E-state index is 0.0430. The number of amides is 3. The van der Waals surface area contributed by atoms with Gasteiger partial charge in [0, 0.05) is 26.2 Å². The monoisotopic (exact) mass is 543 g/mol. The third-order valence-electron chi connectivity index (χ3n) is 8.53. The van der Waals surface area contributed by atoms with Crippen LogP contribution in [-0.4, -0.2) is 82.7 Å². The van der Waals surface area contributed by atoms with E-state index in [1.807, 2.05) is 20.8 Å². The number of aliphatic hydroxyl groups is 1. The number of ether oxygens (including phenoxy) is 1. The smallest absolute Gasteiger partial charge is 0.253 e. The van der Waals surface area contributed by atoms with Crippen molar-refractivity contribution < 1.29 is 24.2 Å². The molecular weight excluding hydrogens is 506 g/mol. The van der Waals surface area contributed by atoms with Crippen LogP contribution in [0.15, 0.2) is 49.6 Å². The minimum Gasteiger partial charge on any atom is -0.395 e. The number of nitrogens with zero attached hydrogens (tertiary/aromatic N) is 3. The second kappa shape index (κ2) is 10.8. The molecule has 8 nitrogen and oxygen atoms in total. The van der Waals surface area contributed by atoms with Crippen LogP contribution < -0.4 is 4.90 Å². The standard InChI is InChI=1S/C29H38ClN3O5/c1-6-13-31(14-7-2)25(35)22-23-26(36)33(16-17-34)24(29(23)18-19(4)28(22,5)38-29)27(37)32(15-8-3)21-12-10-9-11-20(21)30/h6,8-12,19,22-24,34H,1,3,7,13-18H2,2,4-5H3/t19?,22-,23-,24?,28+,29?/m0/s1. The first-order chi connectivity index (χ1) is 18.1. The number of fused-ring (bicyclic) bond motifs is 1. The Morgan fingerprint density at radius 2 is 1.92 bits per heavy atom. The molecule has 1 spiro atoms. The van der Waals surface area contributed by atoms with E-state index in [2.05, 4.69) is 13.2 Å². The van der Waals surface area contributed by atoms with Crippen molar-refractivity contribution in [2.45, 2.75) is 50.9 Å². The number of β-amino-alcohol motifs (C(OH)–C–C–N with tert-alkyl or cyclic N) is 1. The van der Waals surface area contributed by atoms with E-state index in [1.165, 1.54) is 9.80 Å². The number of carbonyl (C=O) groups excluding carboxylic acids is 3. The number of hydrogen-bond acceptors (Lipinski definition) is 5. The van der Waals surface area contributed by atoms with Gasteiger partial charge in [0.05, 0.1) is 34.8 Å². The topological polar surface area (TPSA) is 90.4 Å². The first-order valence-corrected chi connectivity index (χ1v) is 13.7. The zero-order valence-electron chi connectivity index (χ0n) is 22.4. The Bertz CT molecular complexity index is 1130. The van der Waals surface area contributed by atoms with Crippen LogP contribution in [0.5, 0.6) is 0 Å². The maximum atomic E-state index is 14.4. The highest BCUT2D eigenvalue weighted by Crippen LogP contribution is 2.65. The van der Waals surface area contributed by atoms with E-state index in [0.29, 0.717) is 30.2 Å². The summed E-state index contributed by atoms with van der Waals surface area (Å²) in [6.45, 7) is 14.2. The molecule has 38 heavy (non-hydrogen) atoms. The van der Waals surface area contributed by atoms with Gasteiger partial charge in [0.15, 0.2) is 0 Å². The van der Waals surface area contributed by atoms with Gasteiger partial charge in [-0.3, -0.25) is 14.4 Å². The summed E-state index contributed by atoms with van der Waals surface area (Å²) in [5.41, 5.74) is -1.62. The van der Waals surface area contributed by atoms with E-state index in [1.54, 1.807) is 41.3 Å². The van der Waals surface area contributed by atoms with Crippen molar-refractivity contribution in [3.8, 4) is 0 Å². The lowest BCUT2D eigenvalue weighted by Crippen LogP contribution is -2.57. The number of anilines is 1. The number of halogens is 1. The third kappa shape index (κ3) is 4.17. The summed E-state index contributed by atoms with van der Waals surface area (Å²) in [5.74, 6) is -2.53. The van der Waals surface area contributed by atoms with Gasteiger partial charge in [0.1, 0.15) is 11.6 Å². The quantitative estimate of drug-likeness (QED) is 0.433. The summed E-state index contributed by atoms with van der Waals surface area (Å²) in [5, 5.41) is 10.3. The number of carbonyl (C=O) groups is 3. The van der Waals surface area contributed by atoms with Gasteiger partial charge in [0.25, 0.3) is 5.91 Å². The van der Waals surface area contributed by atoms with Crippen molar-refractivity contribution >= 4 is 35.0 Å². The van der Waals surface area contributed by atoms with Gasteiger partial charge in [-0.1, -0.05) is 49.7 Å². The molecule has 0 radical (unpaired) electrons. The lowest BCUT2D eigenvalue weighted by atomic mass is 9.62. The molecule has 3 unspecified atom stereocenters. The maximum absolute atomic E-state index is 14.4. The second-order valence-corrected chi connectivity index (χ2v) is 11.1. The minimum atomic E-state index is -1.20. The van der Waals surface area contributed by atoms with E-state index >= 15 is 0 Å². The molecular formula is C29H38ClN3O5. The molecule has 1 aromatic carbocycles. The summed E-state index contributed by atoms with van der Waals surface area (Å²) in [4.78, 5) is 47.2. The van der Waals surface area contributed by atoms with Gasteiger partial charge in [-0.05, 0) is 37.8 Å². The number of benzene rings is 1. The zero-order valence-corrected chi connectivity index (χ0v) is 23.2. The van der Waals surface area contributed by atoms with Crippen LogP contribution in [0.2, 0.25) is 5.02 Å². The van der Waals surface area contributed by atoms with Crippen LogP contribution in [0.3, 0.4) is 0 Å². The molecule has 206 valence electrons. The van der Waals surface area contributed by atoms with E-state index in [9.17, 15) is 19.5 Å². The Kier molecular flexibility index (Phi) is 8.07. The highest BCUT2D eigenvalue weighted by molar-refractivity contribution is 6.34. The Hall–Kier alpha value is -2.68. The lowest BCUT2D eigenvalue weighted by molar-refractivity contribution is -0.151. The predicted octanol–water partition coefficient (Wildman–Crippen LogP) is 3.29. The summed E-state index contributed by atoms with van der Waals surface area (Å²) in [7, 11) is 0. The van der Waals surface area contributed by atoms with Gasteiger partial charge in [0.2, 0.25) is 11.8 Å². The number of aliphatic hydroxyl groups excluding tert-OH is 1. The molecule has 0 aliphatic carbocycles. The van der Waals surface area contributed by atoms with Crippen molar-refractivity contribution in [2.75, 3.05) is 37.7 Å². The molecule has 3 aliphatic rings. The van der Waals surface area contributed by atoms with E-state index in [0.717, 1.165) is 6.42 Å².